The van der Waals surface area contributed by atoms with Crippen molar-refractivity contribution in [3.63, 3.8) is 0 Å². The van der Waals surface area contributed by atoms with Crippen LogP contribution < -0.4 is 15.4 Å². The topological polar surface area (TPSA) is 143 Å². The lowest BCUT2D eigenvalue weighted by atomic mass is 10.0. The van der Waals surface area contributed by atoms with Crippen LogP contribution in [0.25, 0.3) is 21.7 Å². The quantitative estimate of drug-likeness (QED) is 0.163. The van der Waals surface area contributed by atoms with Gasteiger partial charge in [0.1, 0.15) is 22.3 Å². The molecule has 1 aliphatic rings. The molecule has 0 spiro atoms. The van der Waals surface area contributed by atoms with Crippen molar-refractivity contribution in [2.45, 2.75) is 36.6 Å². The fraction of sp³-hybridized carbons (Fsp3) is 0.276. The molecule has 0 saturated carbocycles. The molecular formula is C29H28F3N5O5S2. The summed E-state index contributed by atoms with van der Waals surface area (Å²) in [7, 11) is -4.68. The molecule has 0 bridgehead atoms. The molecule has 2 aromatic carbocycles. The van der Waals surface area contributed by atoms with E-state index in [1.165, 1.54) is 29.5 Å². The highest BCUT2D eigenvalue weighted by atomic mass is 32.2. The number of thiazole rings is 1. The summed E-state index contributed by atoms with van der Waals surface area (Å²) in [4.78, 5) is 19.7. The van der Waals surface area contributed by atoms with Crippen LogP contribution in [0.2, 0.25) is 0 Å². The first-order valence-electron chi connectivity index (χ1n) is 13.6. The molecule has 3 heterocycles. The van der Waals surface area contributed by atoms with E-state index >= 15 is 4.39 Å². The largest absolute Gasteiger partial charge is 0.465 e. The highest BCUT2D eigenvalue weighted by molar-refractivity contribution is 7.92. The summed E-state index contributed by atoms with van der Waals surface area (Å²) >= 11 is 1.37. The standard InChI is InChI=1S/C29H28F3N5O5S2/c1-16(35-29(38)39)15-34-24-13-18(7-10-33-24)27-26(36-28(43-27)17-8-11-42-12-9-17)20-3-2-4-22(25(20)32)37-44(40,41)23-14-19(30)5-6-21(23)31/h2-7,10,13-14,16-17,35,37H,8-9,11-12,15H2,1H3,(H,33,34)(H,38,39)/t16-/m0/s1. The summed E-state index contributed by atoms with van der Waals surface area (Å²) in [5.41, 5.74) is 0.458. The minimum absolute atomic E-state index is 0.0000699. The number of nitrogens with one attached hydrogen (secondary N) is 3. The molecule has 15 heteroatoms. The Morgan fingerprint density at radius 1 is 1.14 bits per heavy atom. The Balaban J connectivity index is 1.53. The Morgan fingerprint density at radius 3 is 2.66 bits per heavy atom. The van der Waals surface area contributed by atoms with Crippen molar-refractivity contribution < 1.29 is 36.2 Å². The summed E-state index contributed by atoms with van der Waals surface area (Å²) in [5.74, 6) is -2.57. The van der Waals surface area contributed by atoms with Crippen LogP contribution >= 0.6 is 11.3 Å². The average Bonchev–Trinajstić information content (AvgIpc) is 3.44. The Hall–Kier alpha value is -4.21. The molecule has 0 radical (unpaired) electrons. The van der Waals surface area contributed by atoms with Crippen molar-refractivity contribution in [1.29, 1.82) is 0 Å². The number of carboxylic acid groups (broad SMARTS) is 1. The maximum Gasteiger partial charge on any atom is 0.404 e. The van der Waals surface area contributed by atoms with Crippen LogP contribution in [0, 0.1) is 17.5 Å². The van der Waals surface area contributed by atoms with E-state index in [1.54, 1.807) is 25.3 Å². The second-order valence-electron chi connectivity index (χ2n) is 10.1. The van der Waals surface area contributed by atoms with E-state index in [-0.39, 0.29) is 23.7 Å². The van der Waals surface area contributed by atoms with Crippen LogP contribution in [-0.2, 0) is 14.8 Å². The number of sulfonamides is 1. The van der Waals surface area contributed by atoms with Gasteiger partial charge in [-0.25, -0.2) is 36.4 Å². The van der Waals surface area contributed by atoms with Crippen LogP contribution in [0.5, 0.6) is 0 Å². The number of ether oxygens (including phenoxy) is 1. The number of carbonyl (C=O) groups is 1. The van der Waals surface area contributed by atoms with Crippen LogP contribution in [0.4, 0.5) is 29.5 Å². The number of benzene rings is 2. The van der Waals surface area contributed by atoms with Crippen molar-refractivity contribution in [3.05, 3.63) is 77.2 Å². The van der Waals surface area contributed by atoms with Crippen LogP contribution in [-0.4, -0.2) is 55.4 Å². The first-order chi connectivity index (χ1) is 21.0. The molecule has 4 aromatic rings. The summed E-state index contributed by atoms with van der Waals surface area (Å²) < 4.78 is 77.5. The molecule has 0 aliphatic carbocycles. The molecule has 4 N–H and O–H groups in total. The molecule has 1 amide bonds. The van der Waals surface area contributed by atoms with Crippen molar-refractivity contribution in [3.8, 4) is 21.7 Å². The number of halogens is 3. The smallest absolute Gasteiger partial charge is 0.404 e. The zero-order chi connectivity index (χ0) is 31.4. The Kier molecular flexibility index (Phi) is 9.36. The fourth-order valence-corrected chi connectivity index (χ4v) is 7.09. The predicted molar refractivity (Wildman–Crippen MR) is 160 cm³/mol. The van der Waals surface area contributed by atoms with E-state index < -0.39 is 50.2 Å². The van der Waals surface area contributed by atoms with Gasteiger partial charge in [0.15, 0.2) is 5.82 Å². The van der Waals surface area contributed by atoms with Gasteiger partial charge < -0.3 is 20.5 Å². The maximum atomic E-state index is 16.1. The van der Waals surface area contributed by atoms with Crippen LogP contribution in [0.15, 0.2) is 59.6 Å². The van der Waals surface area contributed by atoms with Gasteiger partial charge in [0.2, 0.25) is 0 Å². The molecular weight excluding hydrogens is 619 g/mol. The number of pyridine rings is 1. The maximum absolute atomic E-state index is 16.1. The zero-order valence-corrected chi connectivity index (χ0v) is 24.9. The summed E-state index contributed by atoms with van der Waals surface area (Å²) in [6, 6.07) is 9.11. The second-order valence-corrected chi connectivity index (χ2v) is 12.8. The first kappa shape index (κ1) is 31.2. The Labute approximate surface area is 255 Å². The first-order valence-corrected chi connectivity index (χ1v) is 15.9. The van der Waals surface area contributed by atoms with E-state index in [2.05, 4.69) is 15.6 Å². The van der Waals surface area contributed by atoms with Crippen molar-refractivity contribution in [1.82, 2.24) is 15.3 Å². The van der Waals surface area contributed by atoms with Gasteiger partial charge in [-0.2, -0.15) is 0 Å². The Morgan fingerprint density at radius 2 is 1.91 bits per heavy atom. The van der Waals surface area contributed by atoms with Gasteiger partial charge in [-0.1, -0.05) is 6.07 Å². The normalized spacial score (nSPS) is 14.6. The molecule has 1 aliphatic heterocycles. The average molecular weight is 648 g/mol. The number of rotatable bonds is 10. The van der Waals surface area contributed by atoms with Crippen LogP contribution in [0.3, 0.4) is 0 Å². The summed E-state index contributed by atoms with van der Waals surface area (Å²) in [6.45, 7) is 3.07. The number of hydrogen-bond donors (Lipinski definition) is 4. The SMILES string of the molecule is C[C@@H](CNc1cc(-c2sc(C3CCOCC3)nc2-c2cccc(NS(=O)(=O)c3cc(F)ccc3F)c2F)ccn1)NC(=O)O. The third-order valence-corrected chi connectivity index (χ3v) is 9.52. The summed E-state index contributed by atoms with van der Waals surface area (Å²) in [5, 5.41) is 15.1. The molecule has 232 valence electrons. The van der Waals surface area contributed by atoms with Gasteiger partial charge in [0, 0.05) is 43.5 Å². The monoisotopic (exact) mass is 647 g/mol. The van der Waals surface area contributed by atoms with Gasteiger partial charge in [-0.15, -0.1) is 11.3 Å². The van der Waals surface area contributed by atoms with Gasteiger partial charge in [-0.3, -0.25) is 4.72 Å². The molecule has 5 rings (SSSR count). The third-order valence-electron chi connectivity index (χ3n) is 6.88. The Bertz CT molecular complexity index is 1780. The number of hydrogen-bond acceptors (Lipinski definition) is 8. The number of aromatic nitrogens is 2. The van der Waals surface area contributed by atoms with Gasteiger partial charge in [0.05, 0.1) is 21.3 Å². The molecule has 10 nitrogen and oxygen atoms in total. The van der Waals surface area contributed by atoms with E-state index in [0.717, 1.165) is 23.9 Å². The fourth-order valence-electron chi connectivity index (χ4n) is 4.70. The predicted octanol–water partition coefficient (Wildman–Crippen LogP) is 6.05. The van der Waals surface area contributed by atoms with Crippen molar-refractivity contribution >= 4 is 39.0 Å². The van der Waals surface area contributed by atoms with Gasteiger partial charge in [0.25, 0.3) is 10.0 Å². The minimum Gasteiger partial charge on any atom is -0.465 e. The number of amides is 1. The second kappa shape index (κ2) is 13.2. The van der Waals surface area contributed by atoms with E-state index in [9.17, 15) is 22.0 Å². The van der Waals surface area contributed by atoms with Gasteiger partial charge in [-0.05, 0) is 67.8 Å². The molecule has 2 aromatic heterocycles. The van der Waals surface area contributed by atoms with E-state index in [4.69, 9.17) is 14.8 Å². The highest BCUT2D eigenvalue weighted by Crippen LogP contribution is 2.43. The van der Waals surface area contributed by atoms with Crippen LogP contribution in [0.1, 0.15) is 30.7 Å². The van der Waals surface area contributed by atoms with E-state index in [1.807, 2.05) is 4.72 Å². The lowest BCUT2D eigenvalue weighted by Gasteiger charge is -2.19. The van der Waals surface area contributed by atoms with E-state index in [0.29, 0.717) is 41.6 Å². The van der Waals surface area contributed by atoms with Crippen molar-refractivity contribution in [2.24, 2.45) is 0 Å². The zero-order valence-electron chi connectivity index (χ0n) is 23.3. The molecule has 0 unspecified atom stereocenters. The molecule has 44 heavy (non-hydrogen) atoms. The highest BCUT2D eigenvalue weighted by Gasteiger charge is 2.27. The van der Waals surface area contributed by atoms with Crippen molar-refractivity contribution in [2.75, 3.05) is 29.8 Å². The third kappa shape index (κ3) is 7.11. The lowest BCUT2D eigenvalue weighted by Crippen LogP contribution is -2.36. The van der Waals surface area contributed by atoms with Gasteiger partial charge >= 0.3 is 6.09 Å². The summed E-state index contributed by atoms with van der Waals surface area (Å²) in [6.07, 6.45) is 1.86. The molecule has 1 atom stereocenters. The lowest BCUT2D eigenvalue weighted by molar-refractivity contribution is 0.0853. The number of anilines is 2. The number of nitrogens with zero attached hydrogens (tertiary/aromatic N) is 2. The molecule has 1 fully saturated rings. The molecule has 1 saturated heterocycles. The minimum atomic E-state index is -4.68.